The summed E-state index contributed by atoms with van der Waals surface area (Å²) < 4.78 is 45.0. The molecular formula is C8H9BF3NO4. The van der Waals surface area contributed by atoms with Crippen LogP contribution in [0.3, 0.4) is 0 Å². The van der Waals surface area contributed by atoms with E-state index in [0.717, 1.165) is 12.3 Å². The van der Waals surface area contributed by atoms with Crippen molar-refractivity contribution in [3.63, 3.8) is 0 Å². The number of nitrogens with zero attached hydrogens (tertiary/aromatic N) is 1. The van der Waals surface area contributed by atoms with Gasteiger partial charge in [0.25, 0.3) is 0 Å². The van der Waals surface area contributed by atoms with E-state index in [0.29, 0.717) is 0 Å². The van der Waals surface area contributed by atoms with Crippen LogP contribution in [0.4, 0.5) is 13.2 Å². The van der Waals surface area contributed by atoms with Crippen LogP contribution in [-0.2, 0) is 0 Å². The maximum Gasteiger partial charge on any atom is 0.497 e. The molecule has 0 aliphatic rings. The average Bonchev–Trinajstić information content (AvgIpc) is 2.24. The molecule has 2 N–H and O–H groups in total. The summed E-state index contributed by atoms with van der Waals surface area (Å²) in [6.07, 6.45) is -3.38. The maximum absolute atomic E-state index is 12.0. The van der Waals surface area contributed by atoms with Crippen LogP contribution in [0.2, 0.25) is 0 Å². The number of rotatable bonds is 4. The van der Waals surface area contributed by atoms with Crippen LogP contribution in [0.1, 0.15) is 0 Å². The second kappa shape index (κ2) is 5.24. The first-order chi connectivity index (χ1) is 7.85. The summed E-state index contributed by atoms with van der Waals surface area (Å²) in [6.45, 7) is -1.54. The van der Waals surface area contributed by atoms with Gasteiger partial charge in [-0.3, -0.25) is 0 Å². The molecule has 0 spiro atoms. The first kappa shape index (κ1) is 13.6. The molecule has 1 aromatic rings. The van der Waals surface area contributed by atoms with Crippen LogP contribution in [0.5, 0.6) is 11.6 Å². The SMILES string of the molecule is COc1nccc(OCC(F)(F)F)c1B(O)O. The van der Waals surface area contributed by atoms with Crippen molar-refractivity contribution < 1.29 is 32.7 Å². The van der Waals surface area contributed by atoms with E-state index in [1.165, 1.54) is 7.11 Å². The molecule has 0 saturated carbocycles. The highest BCUT2D eigenvalue weighted by molar-refractivity contribution is 6.60. The summed E-state index contributed by atoms with van der Waals surface area (Å²) in [4.78, 5) is 3.62. The zero-order valence-corrected chi connectivity index (χ0v) is 8.73. The third-order valence-electron chi connectivity index (χ3n) is 1.76. The molecule has 1 heterocycles. The molecule has 0 atom stereocenters. The number of alkyl halides is 3. The number of halogens is 3. The Morgan fingerprint density at radius 3 is 2.53 bits per heavy atom. The Bertz CT molecular complexity index is 386. The Labute approximate surface area is 95.0 Å². The molecule has 0 bridgehead atoms. The van der Waals surface area contributed by atoms with Gasteiger partial charge >= 0.3 is 13.3 Å². The fourth-order valence-corrected chi connectivity index (χ4v) is 1.12. The lowest BCUT2D eigenvalue weighted by molar-refractivity contribution is -0.153. The summed E-state index contributed by atoms with van der Waals surface area (Å²) in [5.74, 6) is -0.552. The van der Waals surface area contributed by atoms with Gasteiger partial charge in [-0.05, 0) is 6.07 Å². The summed E-state index contributed by atoms with van der Waals surface area (Å²) in [5, 5.41) is 18.0. The Hall–Kier alpha value is -1.48. The van der Waals surface area contributed by atoms with E-state index in [9.17, 15) is 13.2 Å². The number of aromatic nitrogens is 1. The van der Waals surface area contributed by atoms with Crippen molar-refractivity contribution in [2.45, 2.75) is 6.18 Å². The Morgan fingerprint density at radius 2 is 2.06 bits per heavy atom. The van der Waals surface area contributed by atoms with Gasteiger partial charge in [-0.2, -0.15) is 13.2 Å². The molecule has 0 aliphatic heterocycles. The number of hydrogen-bond donors (Lipinski definition) is 2. The standard InChI is InChI=1S/C8H9BF3NO4/c1-16-7-6(9(14)15)5(2-3-13-7)17-4-8(10,11)12/h2-3,14-15H,4H2,1H3. The molecule has 17 heavy (non-hydrogen) atoms. The van der Waals surface area contributed by atoms with Crippen molar-refractivity contribution in [3.05, 3.63) is 12.3 Å². The van der Waals surface area contributed by atoms with Crippen LogP contribution < -0.4 is 14.9 Å². The Kier molecular flexibility index (Phi) is 4.19. The quantitative estimate of drug-likeness (QED) is 0.719. The number of methoxy groups -OCH3 is 1. The topological polar surface area (TPSA) is 71.8 Å². The second-order valence-corrected chi connectivity index (χ2v) is 3.01. The first-order valence-corrected chi connectivity index (χ1v) is 4.43. The molecule has 0 aliphatic carbocycles. The smallest absolute Gasteiger partial charge is 0.484 e. The van der Waals surface area contributed by atoms with Gasteiger partial charge in [-0.15, -0.1) is 0 Å². The minimum atomic E-state index is -4.52. The maximum atomic E-state index is 12.0. The monoisotopic (exact) mass is 251 g/mol. The van der Waals surface area contributed by atoms with E-state index >= 15 is 0 Å². The number of pyridine rings is 1. The molecule has 5 nitrogen and oxygen atoms in total. The lowest BCUT2D eigenvalue weighted by Gasteiger charge is -2.14. The fraction of sp³-hybridized carbons (Fsp3) is 0.375. The fourth-order valence-electron chi connectivity index (χ4n) is 1.12. The van der Waals surface area contributed by atoms with Crippen LogP contribution >= 0.6 is 0 Å². The second-order valence-electron chi connectivity index (χ2n) is 3.01. The summed E-state index contributed by atoms with van der Waals surface area (Å²) in [7, 11) is -0.844. The van der Waals surface area contributed by atoms with Gasteiger partial charge in [0.05, 0.1) is 12.6 Å². The number of hydrogen-bond acceptors (Lipinski definition) is 5. The van der Waals surface area contributed by atoms with Crippen molar-refractivity contribution in [2.75, 3.05) is 13.7 Å². The van der Waals surface area contributed by atoms with Crippen LogP contribution in [0.15, 0.2) is 12.3 Å². The van der Waals surface area contributed by atoms with E-state index in [-0.39, 0.29) is 17.1 Å². The summed E-state index contributed by atoms with van der Waals surface area (Å²) in [6, 6.07) is 1.09. The highest BCUT2D eigenvalue weighted by Gasteiger charge is 2.31. The molecule has 9 heteroatoms. The van der Waals surface area contributed by atoms with E-state index in [1.54, 1.807) is 0 Å². The Morgan fingerprint density at radius 1 is 1.41 bits per heavy atom. The molecular weight excluding hydrogens is 242 g/mol. The molecule has 1 aromatic heterocycles. The van der Waals surface area contributed by atoms with Gasteiger partial charge in [-0.1, -0.05) is 0 Å². The molecule has 94 valence electrons. The third-order valence-corrected chi connectivity index (χ3v) is 1.76. The molecule has 0 unspecified atom stereocenters. The van der Waals surface area contributed by atoms with Crippen molar-refractivity contribution in [3.8, 4) is 11.6 Å². The summed E-state index contributed by atoms with van der Waals surface area (Å²) >= 11 is 0. The molecule has 0 radical (unpaired) electrons. The zero-order valence-electron chi connectivity index (χ0n) is 8.73. The summed E-state index contributed by atoms with van der Waals surface area (Å²) in [5.41, 5.74) is -0.348. The van der Waals surface area contributed by atoms with Crippen molar-refractivity contribution in [1.29, 1.82) is 0 Å². The van der Waals surface area contributed by atoms with E-state index in [2.05, 4.69) is 14.5 Å². The predicted molar refractivity (Wildman–Crippen MR) is 52.2 cm³/mol. The van der Waals surface area contributed by atoms with Crippen LogP contribution in [-0.4, -0.2) is 42.0 Å². The first-order valence-electron chi connectivity index (χ1n) is 4.43. The van der Waals surface area contributed by atoms with Crippen LogP contribution in [0, 0.1) is 0 Å². The lowest BCUT2D eigenvalue weighted by Crippen LogP contribution is -2.34. The molecule has 0 amide bonds. The van der Waals surface area contributed by atoms with Crippen molar-refractivity contribution in [1.82, 2.24) is 4.98 Å². The molecule has 1 rings (SSSR count). The highest BCUT2D eigenvalue weighted by atomic mass is 19.4. The Balaban J connectivity index is 2.98. The van der Waals surface area contributed by atoms with E-state index < -0.39 is 19.9 Å². The highest BCUT2D eigenvalue weighted by Crippen LogP contribution is 2.19. The molecule has 0 saturated heterocycles. The van der Waals surface area contributed by atoms with Crippen LogP contribution in [0.25, 0.3) is 0 Å². The zero-order chi connectivity index (χ0) is 13.1. The van der Waals surface area contributed by atoms with Gasteiger partial charge in [-0.25, -0.2) is 4.98 Å². The minimum absolute atomic E-state index is 0.209. The van der Waals surface area contributed by atoms with Gasteiger partial charge in [0.2, 0.25) is 5.88 Å². The largest absolute Gasteiger partial charge is 0.497 e. The van der Waals surface area contributed by atoms with Gasteiger partial charge < -0.3 is 19.5 Å². The molecule has 0 fully saturated rings. The van der Waals surface area contributed by atoms with Crippen molar-refractivity contribution in [2.24, 2.45) is 0 Å². The van der Waals surface area contributed by atoms with Gasteiger partial charge in [0, 0.05) is 6.20 Å². The average molecular weight is 251 g/mol. The normalized spacial score (nSPS) is 11.2. The third kappa shape index (κ3) is 3.79. The van der Waals surface area contributed by atoms with Gasteiger partial charge in [0.1, 0.15) is 5.75 Å². The number of ether oxygens (including phenoxy) is 2. The predicted octanol–water partition coefficient (Wildman–Crippen LogP) is -0.289. The van der Waals surface area contributed by atoms with E-state index in [1.807, 2.05) is 0 Å². The lowest BCUT2D eigenvalue weighted by atomic mass is 9.80. The van der Waals surface area contributed by atoms with Gasteiger partial charge in [0.15, 0.2) is 6.61 Å². The van der Waals surface area contributed by atoms with E-state index in [4.69, 9.17) is 10.0 Å². The minimum Gasteiger partial charge on any atom is -0.484 e. The van der Waals surface area contributed by atoms with Crippen molar-refractivity contribution >= 4 is 12.6 Å². The molecule has 0 aromatic carbocycles.